The zero-order valence-electron chi connectivity index (χ0n) is 25.8. The Bertz CT molecular complexity index is 2160. The van der Waals surface area contributed by atoms with Crippen molar-refractivity contribution in [1.82, 2.24) is 4.98 Å². The molecule has 0 atom stereocenters. The fraction of sp³-hybridized carbons (Fsp3) is 0.150. The molecule has 1 aliphatic carbocycles. The molecule has 5 nitrogen and oxygen atoms in total. The molecule has 0 saturated carbocycles. The molecule has 0 aliphatic heterocycles. The molecule has 6 aromatic rings. The number of benzene rings is 5. The van der Waals surface area contributed by atoms with Gasteiger partial charge in [0.15, 0.2) is 11.5 Å². The first-order chi connectivity index (χ1) is 21.7. The number of carbonyl (C=O) groups is 1. The van der Waals surface area contributed by atoms with E-state index in [4.69, 9.17) is 4.74 Å². The van der Waals surface area contributed by atoms with Crippen molar-refractivity contribution in [3.63, 3.8) is 0 Å². The lowest BCUT2D eigenvalue weighted by atomic mass is 9.80. The number of nitrogens with one attached hydrogen (secondary N) is 2. The number of pyridine rings is 1. The number of aromatic nitrogens is 1. The minimum Gasteiger partial charge on any atom is -0.455 e. The summed E-state index contributed by atoms with van der Waals surface area (Å²) < 4.78 is 6.58. The van der Waals surface area contributed by atoms with Gasteiger partial charge >= 0.3 is 0 Å². The third-order valence-corrected chi connectivity index (χ3v) is 9.03. The van der Waals surface area contributed by atoms with Gasteiger partial charge in [0.2, 0.25) is 0 Å². The monoisotopic (exact) mass is 590 g/mol. The van der Waals surface area contributed by atoms with Crippen molar-refractivity contribution >= 4 is 28.1 Å². The molecule has 1 heterocycles. The Hall–Kier alpha value is -5.42. The number of aryl methyl sites for hydroxylation is 1. The first-order valence-corrected chi connectivity index (χ1v) is 15.3. The summed E-state index contributed by atoms with van der Waals surface area (Å²) in [4.78, 5) is 31.5. The first-order valence-electron chi connectivity index (χ1n) is 15.3. The van der Waals surface area contributed by atoms with Crippen molar-refractivity contribution in [3.8, 4) is 33.8 Å². The highest BCUT2D eigenvalue weighted by atomic mass is 16.5. The maximum atomic E-state index is 14.4. The lowest BCUT2D eigenvalue weighted by Crippen LogP contribution is -2.19. The maximum Gasteiger partial charge on any atom is 0.257 e. The van der Waals surface area contributed by atoms with Crippen LogP contribution in [0.4, 0.5) is 11.4 Å². The topological polar surface area (TPSA) is 71.2 Å². The highest BCUT2D eigenvalue weighted by molar-refractivity contribution is 6.30. The van der Waals surface area contributed by atoms with E-state index in [9.17, 15) is 9.59 Å². The summed E-state index contributed by atoms with van der Waals surface area (Å²) in [5.41, 5.74) is 7.87. The second kappa shape index (κ2) is 10.9. The predicted octanol–water partition coefficient (Wildman–Crippen LogP) is 9.94. The van der Waals surface area contributed by atoms with E-state index in [1.165, 1.54) is 5.56 Å². The van der Waals surface area contributed by atoms with Gasteiger partial charge in [-0.15, -0.1) is 0 Å². The Labute approximate surface area is 262 Å². The van der Waals surface area contributed by atoms with Crippen LogP contribution >= 0.6 is 0 Å². The summed E-state index contributed by atoms with van der Waals surface area (Å²) in [5, 5.41) is 4.18. The summed E-state index contributed by atoms with van der Waals surface area (Å²) in [7, 11) is 0. The lowest BCUT2D eigenvalue weighted by Gasteiger charge is -2.26. The van der Waals surface area contributed by atoms with Gasteiger partial charge in [-0.05, 0) is 65.3 Å². The molecule has 0 spiro atoms. The number of ether oxygens (including phenoxy) is 1. The predicted molar refractivity (Wildman–Crippen MR) is 183 cm³/mol. The molecule has 0 bridgehead atoms. The summed E-state index contributed by atoms with van der Waals surface area (Å²) in [6, 6.07) is 35.1. The van der Waals surface area contributed by atoms with Crippen LogP contribution in [0.15, 0.2) is 114 Å². The van der Waals surface area contributed by atoms with E-state index in [-0.39, 0.29) is 16.8 Å². The van der Waals surface area contributed by atoms with Crippen LogP contribution in [0.3, 0.4) is 0 Å². The van der Waals surface area contributed by atoms with Crippen LogP contribution in [0.25, 0.3) is 33.2 Å². The number of anilines is 2. The van der Waals surface area contributed by atoms with Crippen molar-refractivity contribution in [2.45, 2.75) is 39.5 Å². The van der Waals surface area contributed by atoms with E-state index >= 15 is 0 Å². The number of fused-ring (bicyclic) bond motifs is 2. The van der Waals surface area contributed by atoms with Gasteiger partial charge in [0.1, 0.15) is 5.75 Å². The third kappa shape index (κ3) is 4.91. The Morgan fingerprint density at radius 1 is 0.756 bits per heavy atom. The molecule has 1 aliphatic rings. The lowest BCUT2D eigenvalue weighted by molar-refractivity contribution is 0.104. The van der Waals surface area contributed by atoms with E-state index in [1.54, 1.807) is 0 Å². The van der Waals surface area contributed by atoms with Crippen LogP contribution in [-0.4, -0.2) is 10.8 Å². The Morgan fingerprint density at radius 3 is 2.18 bits per heavy atom. The normalized spacial score (nSPS) is 12.2. The SMILES string of the molecule is CCC(C)(C)c1ccc(Oc2cc(Nc3cccc(C)c3)c3c4c(c(-c5ccccc5)c(=O)[nH]c24)-c2ccccc2C3=O)cc1. The first kappa shape index (κ1) is 28.4. The number of hydrogen-bond acceptors (Lipinski definition) is 4. The highest BCUT2D eigenvalue weighted by Crippen LogP contribution is 2.48. The standard InChI is InChI=1S/C40H34N2O3/c1-5-40(3,4)26-18-20-28(21-19-26)45-32-23-31(41-27-15-11-12-24(2)22-27)35-36-34(29-16-9-10-17-30(29)38(35)43)33(39(44)42-37(32)36)25-13-7-6-8-14-25/h6-23,41H,5H2,1-4H3,(H,42,44). The second-order valence-corrected chi connectivity index (χ2v) is 12.4. The minimum atomic E-state index is -0.247. The molecule has 0 radical (unpaired) electrons. The number of carbonyl (C=O) groups excluding carboxylic acids is 1. The average molecular weight is 591 g/mol. The molecule has 0 saturated heterocycles. The van der Waals surface area contributed by atoms with Crippen LogP contribution in [0, 0.1) is 6.92 Å². The second-order valence-electron chi connectivity index (χ2n) is 12.4. The van der Waals surface area contributed by atoms with Gasteiger partial charge < -0.3 is 15.0 Å². The zero-order valence-corrected chi connectivity index (χ0v) is 25.8. The largest absolute Gasteiger partial charge is 0.455 e. The smallest absolute Gasteiger partial charge is 0.257 e. The molecule has 222 valence electrons. The van der Waals surface area contributed by atoms with Crippen LogP contribution in [0.5, 0.6) is 11.5 Å². The van der Waals surface area contributed by atoms with Gasteiger partial charge in [-0.3, -0.25) is 9.59 Å². The molecule has 1 aromatic heterocycles. The Balaban J connectivity index is 1.53. The summed E-state index contributed by atoms with van der Waals surface area (Å²) in [6.45, 7) is 8.66. The van der Waals surface area contributed by atoms with Crippen LogP contribution in [-0.2, 0) is 5.41 Å². The van der Waals surface area contributed by atoms with Crippen molar-refractivity contribution < 1.29 is 9.53 Å². The Kier molecular flexibility index (Phi) is 6.89. The van der Waals surface area contributed by atoms with Crippen molar-refractivity contribution in [3.05, 3.63) is 142 Å². The molecule has 0 amide bonds. The number of aromatic amines is 1. The summed E-state index contributed by atoms with van der Waals surface area (Å²) >= 11 is 0. The number of ketones is 1. The number of rotatable bonds is 7. The molecular formula is C40H34N2O3. The summed E-state index contributed by atoms with van der Waals surface area (Å²) in [6.07, 6.45) is 1.01. The van der Waals surface area contributed by atoms with Crippen LogP contribution in [0.2, 0.25) is 0 Å². The average Bonchev–Trinajstić information content (AvgIpc) is 3.05. The molecule has 7 rings (SSSR count). The van der Waals surface area contributed by atoms with Gasteiger partial charge in [-0.1, -0.05) is 99.6 Å². The fourth-order valence-corrected chi connectivity index (χ4v) is 6.23. The van der Waals surface area contributed by atoms with Crippen molar-refractivity contribution in [1.29, 1.82) is 0 Å². The summed E-state index contributed by atoms with van der Waals surface area (Å²) in [5.74, 6) is 0.984. The molecule has 0 unspecified atom stereocenters. The number of H-pyrrole nitrogens is 1. The van der Waals surface area contributed by atoms with E-state index in [0.717, 1.165) is 34.4 Å². The molecule has 5 aromatic carbocycles. The van der Waals surface area contributed by atoms with Crippen molar-refractivity contribution in [2.75, 3.05) is 5.32 Å². The van der Waals surface area contributed by atoms with Gasteiger partial charge in [0.05, 0.1) is 22.3 Å². The maximum absolute atomic E-state index is 14.4. The van der Waals surface area contributed by atoms with Gasteiger partial charge in [0, 0.05) is 28.3 Å². The molecule has 2 N–H and O–H groups in total. The zero-order chi connectivity index (χ0) is 31.3. The molecule has 0 fully saturated rings. The Morgan fingerprint density at radius 2 is 1.47 bits per heavy atom. The van der Waals surface area contributed by atoms with Gasteiger partial charge in [0.25, 0.3) is 5.56 Å². The minimum absolute atomic E-state index is 0.0382. The van der Waals surface area contributed by atoms with Gasteiger partial charge in [-0.2, -0.15) is 0 Å². The molecule has 5 heteroatoms. The van der Waals surface area contributed by atoms with E-state index in [2.05, 4.69) is 43.2 Å². The molecule has 45 heavy (non-hydrogen) atoms. The van der Waals surface area contributed by atoms with Crippen LogP contribution < -0.4 is 15.6 Å². The highest BCUT2D eigenvalue weighted by Gasteiger charge is 2.33. The fourth-order valence-electron chi connectivity index (χ4n) is 6.23. The van der Waals surface area contributed by atoms with Crippen LogP contribution in [0.1, 0.15) is 54.2 Å². The van der Waals surface area contributed by atoms with E-state index in [0.29, 0.717) is 44.8 Å². The third-order valence-electron chi connectivity index (χ3n) is 9.03. The van der Waals surface area contributed by atoms with E-state index in [1.807, 2.05) is 104 Å². The van der Waals surface area contributed by atoms with E-state index < -0.39 is 0 Å². The van der Waals surface area contributed by atoms with Crippen molar-refractivity contribution in [2.24, 2.45) is 0 Å². The quantitative estimate of drug-likeness (QED) is 0.194. The van der Waals surface area contributed by atoms with Gasteiger partial charge in [-0.25, -0.2) is 0 Å². The number of hydrogen-bond donors (Lipinski definition) is 2. The molecular weight excluding hydrogens is 556 g/mol.